The molecule has 1 fully saturated rings. The summed E-state index contributed by atoms with van der Waals surface area (Å²) in [6.07, 6.45) is -3.68. The average molecular weight is 374 g/mol. The third-order valence-corrected chi connectivity index (χ3v) is 4.60. The Morgan fingerprint density at radius 1 is 1.15 bits per heavy atom. The van der Waals surface area contributed by atoms with Gasteiger partial charge in [-0.05, 0) is 42.3 Å². The maximum atomic E-state index is 13.2. The summed E-state index contributed by atoms with van der Waals surface area (Å²) in [4.78, 5) is 26.1. The van der Waals surface area contributed by atoms with Gasteiger partial charge in [-0.25, -0.2) is 0 Å². The molecular weight excluding hydrogens is 358 g/mol. The Morgan fingerprint density at radius 3 is 2.70 bits per heavy atom. The van der Waals surface area contributed by atoms with Crippen LogP contribution < -0.4 is 14.8 Å². The van der Waals surface area contributed by atoms with Crippen LogP contribution in [0.4, 0.5) is 8.78 Å². The van der Waals surface area contributed by atoms with Crippen molar-refractivity contribution in [2.24, 2.45) is 0 Å². The number of ether oxygens (including phenoxy) is 2. The van der Waals surface area contributed by atoms with Crippen molar-refractivity contribution in [2.75, 3.05) is 13.1 Å². The van der Waals surface area contributed by atoms with Gasteiger partial charge in [0.2, 0.25) is 5.91 Å². The van der Waals surface area contributed by atoms with Crippen molar-refractivity contribution in [1.29, 1.82) is 0 Å². The third-order valence-electron chi connectivity index (χ3n) is 4.60. The van der Waals surface area contributed by atoms with Crippen molar-refractivity contribution in [1.82, 2.24) is 10.2 Å². The molecule has 0 saturated carbocycles. The number of alkyl halides is 2. The molecule has 0 spiro atoms. The quantitative estimate of drug-likeness (QED) is 0.878. The minimum atomic E-state index is -3.68. The number of amides is 2. The van der Waals surface area contributed by atoms with Crippen LogP contribution in [-0.2, 0) is 4.79 Å². The van der Waals surface area contributed by atoms with Gasteiger partial charge in [-0.2, -0.15) is 0 Å². The third kappa shape index (κ3) is 3.18. The molecule has 2 amide bonds. The second-order valence-electron chi connectivity index (χ2n) is 6.38. The summed E-state index contributed by atoms with van der Waals surface area (Å²) in [5.41, 5.74) is 1.68. The maximum absolute atomic E-state index is 13.2. The Kier molecular flexibility index (Phi) is 3.98. The number of carbonyl (C=O) groups is 2. The lowest BCUT2D eigenvalue weighted by molar-refractivity contribution is -0.286. The number of rotatable bonds is 2. The molecule has 1 N–H and O–H groups in total. The van der Waals surface area contributed by atoms with Crippen LogP contribution in [-0.4, -0.2) is 42.1 Å². The van der Waals surface area contributed by atoms with Crippen molar-refractivity contribution in [3.05, 3.63) is 48.0 Å². The largest absolute Gasteiger partial charge is 0.586 e. The second-order valence-corrected chi connectivity index (χ2v) is 6.38. The molecule has 1 saturated heterocycles. The van der Waals surface area contributed by atoms with Crippen LogP contribution >= 0.6 is 0 Å². The molecule has 140 valence electrons. The van der Waals surface area contributed by atoms with Gasteiger partial charge >= 0.3 is 6.29 Å². The molecule has 27 heavy (non-hydrogen) atoms. The van der Waals surface area contributed by atoms with Crippen molar-refractivity contribution < 1.29 is 27.8 Å². The molecule has 0 unspecified atom stereocenters. The highest BCUT2D eigenvalue weighted by Crippen LogP contribution is 2.42. The standard InChI is InChI=1S/C19H16F2N2O4/c1-11-17(24)22-7-8-23(11)18(25)14-4-2-3-12(9-14)13-5-6-15-16(10-13)27-19(20,21)26-15/h2-6,9-11H,7-8H2,1H3,(H,22,24)/t11-/m1/s1. The van der Waals surface area contributed by atoms with E-state index in [0.29, 0.717) is 29.8 Å². The summed E-state index contributed by atoms with van der Waals surface area (Å²) < 4.78 is 35.3. The van der Waals surface area contributed by atoms with Gasteiger partial charge in [-0.15, -0.1) is 8.78 Å². The molecule has 0 radical (unpaired) electrons. The lowest BCUT2D eigenvalue weighted by Gasteiger charge is -2.32. The number of benzene rings is 2. The number of piperazine rings is 1. The zero-order valence-corrected chi connectivity index (χ0v) is 14.4. The second kappa shape index (κ2) is 6.22. The number of carbonyl (C=O) groups excluding carboxylic acids is 2. The van der Waals surface area contributed by atoms with Gasteiger partial charge in [0, 0.05) is 18.7 Å². The van der Waals surface area contributed by atoms with Gasteiger partial charge in [0.1, 0.15) is 6.04 Å². The van der Waals surface area contributed by atoms with Crippen LogP contribution in [0.1, 0.15) is 17.3 Å². The predicted octanol–water partition coefficient (Wildman–Crippen LogP) is 2.64. The highest BCUT2D eigenvalue weighted by molar-refractivity contribution is 5.99. The van der Waals surface area contributed by atoms with E-state index in [1.54, 1.807) is 37.3 Å². The molecule has 6 nitrogen and oxygen atoms in total. The van der Waals surface area contributed by atoms with E-state index in [1.165, 1.54) is 17.0 Å². The van der Waals surface area contributed by atoms with E-state index in [1.807, 2.05) is 0 Å². The number of nitrogens with zero attached hydrogens (tertiary/aromatic N) is 1. The summed E-state index contributed by atoms with van der Waals surface area (Å²) >= 11 is 0. The van der Waals surface area contributed by atoms with E-state index in [0.717, 1.165) is 0 Å². The molecule has 0 aromatic heterocycles. The topological polar surface area (TPSA) is 67.9 Å². The van der Waals surface area contributed by atoms with E-state index in [4.69, 9.17) is 0 Å². The molecule has 8 heteroatoms. The highest BCUT2D eigenvalue weighted by Gasteiger charge is 2.43. The van der Waals surface area contributed by atoms with E-state index in [-0.39, 0.29) is 23.3 Å². The van der Waals surface area contributed by atoms with Gasteiger partial charge in [-0.3, -0.25) is 9.59 Å². The first-order valence-electron chi connectivity index (χ1n) is 8.43. The van der Waals surface area contributed by atoms with Gasteiger partial charge in [0.15, 0.2) is 11.5 Å². The highest BCUT2D eigenvalue weighted by atomic mass is 19.3. The Morgan fingerprint density at radius 2 is 1.89 bits per heavy atom. The lowest BCUT2D eigenvalue weighted by atomic mass is 10.0. The summed E-state index contributed by atoms with van der Waals surface area (Å²) in [5, 5.41) is 2.72. The number of fused-ring (bicyclic) bond motifs is 1. The van der Waals surface area contributed by atoms with Gasteiger partial charge in [0.25, 0.3) is 5.91 Å². The minimum Gasteiger partial charge on any atom is -0.395 e. The summed E-state index contributed by atoms with van der Waals surface area (Å²) in [6, 6.07) is 10.7. The Bertz CT molecular complexity index is 932. The Labute approximate surface area is 153 Å². The Hall–Kier alpha value is -3.16. The fourth-order valence-electron chi connectivity index (χ4n) is 3.19. The molecule has 2 heterocycles. The first kappa shape index (κ1) is 17.3. The number of nitrogens with one attached hydrogen (secondary N) is 1. The van der Waals surface area contributed by atoms with Gasteiger partial charge in [0.05, 0.1) is 0 Å². The van der Waals surface area contributed by atoms with Crippen molar-refractivity contribution in [3.63, 3.8) is 0 Å². The summed E-state index contributed by atoms with van der Waals surface area (Å²) in [6.45, 7) is 2.51. The van der Waals surface area contributed by atoms with E-state index < -0.39 is 12.3 Å². The molecule has 2 aromatic rings. The molecule has 2 aromatic carbocycles. The van der Waals surface area contributed by atoms with Crippen molar-refractivity contribution in [2.45, 2.75) is 19.3 Å². The minimum absolute atomic E-state index is 0.0378. The molecule has 2 aliphatic heterocycles. The monoisotopic (exact) mass is 374 g/mol. The molecule has 1 atom stereocenters. The van der Waals surface area contributed by atoms with Crippen LogP contribution in [0, 0.1) is 0 Å². The number of hydrogen-bond donors (Lipinski definition) is 1. The van der Waals surface area contributed by atoms with Crippen molar-refractivity contribution >= 4 is 11.8 Å². The Balaban J connectivity index is 1.62. The summed E-state index contributed by atoms with van der Waals surface area (Å²) in [5.74, 6) is -0.548. The molecular formula is C19H16F2N2O4. The van der Waals surface area contributed by atoms with Crippen LogP contribution in [0.5, 0.6) is 11.5 Å². The molecule has 2 aliphatic rings. The zero-order valence-electron chi connectivity index (χ0n) is 14.4. The van der Waals surface area contributed by atoms with Crippen LogP contribution in [0.25, 0.3) is 11.1 Å². The van der Waals surface area contributed by atoms with Crippen LogP contribution in [0.3, 0.4) is 0 Å². The van der Waals surface area contributed by atoms with E-state index in [9.17, 15) is 18.4 Å². The lowest BCUT2D eigenvalue weighted by Crippen LogP contribution is -2.55. The number of hydrogen-bond acceptors (Lipinski definition) is 4. The zero-order chi connectivity index (χ0) is 19.2. The molecule has 0 bridgehead atoms. The molecule has 4 rings (SSSR count). The SMILES string of the molecule is C[C@@H]1C(=O)NCCN1C(=O)c1cccc(-c2ccc3c(c2)OC(F)(F)O3)c1. The first-order chi connectivity index (χ1) is 12.8. The molecule has 0 aliphatic carbocycles. The van der Waals surface area contributed by atoms with E-state index in [2.05, 4.69) is 14.8 Å². The maximum Gasteiger partial charge on any atom is 0.586 e. The predicted molar refractivity (Wildman–Crippen MR) is 91.6 cm³/mol. The van der Waals surface area contributed by atoms with E-state index >= 15 is 0 Å². The normalized spacial score (nSPS) is 20.3. The number of halogens is 2. The smallest absolute Gasteiger partial charge is 0.395 e. The first-order valence-corrected chi connectivity index (χ1v) is 8.43. The van der Waals surface area contributed by atoms with Crippen LogP contribution in [0.2, 0.25) is 0 Å². The average Bonchev–Trinajstić information content (AvgIpc) is 2.96. The van der Waals surface area contributed by atoms with Crippen molar-refractivity contribution in [3.8, 4) is 22.6 Å². The van der Waals surface area contributed by atoms with Gasteiger partial charge in [-0.1, -0.05) is 18.2 Å². The summed E-state index contributed by atoms with van der Waals surface area (Å²) in [7, 11) is 0. The fraction of sp³-hybridized carbons (Fsp3) is 0.263. The van der Waals surface area contributed by atoms with Gasteiger partial charge < -0.3 is 19.7 Å². The van der Waals surface area contributed by atoms with Crippen LogP contribution in [0.15, 0.2) is 42.5 Å². The fourth-order valence-corrected chi connectivity index (χ4v) is 3.19.